The summed E-state index contributed by atoms with van der Waals surface area (Å²) in [4.78, 5) is 29.8. The number of nitrogens with zero attached hydrogens (tertiary/aromatic N) is 2. The Balaban J connectivity index is 1.28. The van der Waals surface area contributed by atoms with E-state index >= 15 is 0 Å². The van der Waals surface area contributed by atoms with Crippen LogP contribution >= 0.6 is 11.3 Å². The van der Waals surface area contributed by atoms with Crippen LogP contribution in [0.1, 0.15) is 35.4 Å². The topological polar surface area (TPSA) is 59.1 Å². The fraction of sp³-hybridized carbons (Fsp3) is 0.667. The highest BCUT2D eigenvalue weighted by Crippen LogP contribution is 2.32. The summed E-state index contributed by atoms with van der Waals surface area (Å²) in [6.07, 6.45) is 3.03. The van der Waals surface area contributed by atoms with E-state index in [-0.39, 0.29) is 17.7 Å². The van der Waals surface area contributed by atoms with Crippen LogP contribution < -0.4 is 0 Å². The molecule has 7 heteroatoms. The minimum absolute atomic E-state index is 0.0341. The molecule has 0 saturated carbocycles. The molecule has 0 bridgehead atoms. The molecule has 1 aromatic rings. The number of amides is 2. The maximum atomic E-state index is 12.8. The van der Waals surface area contributed by atoms with Gasteiger partial charge in [-0.05, 0) is 24.3 Å². The Bertz CT molecular complexity index is 609. The summed E-state index contributed by atoms with van der Waals surface area (Å²) < 4.78 is 11.5. The molecule has 3 fully saturated rings. The average Bonchev–Trinajstić information content (AvgIpc) is 3.34. The van der Waals surface area contributed by atoms with Gasteiger partial charge in [0.25, 0.3) is 5.91 Å². The van der Waals surface area contributed by atoms with Gasteiger partial charge in [-0.15, -0.1) is 11.3 Å². The molecule has 3 aliphatic heterocycles. The highest BCUT2D eigenvalue weighted by atomic mass is 32.1. The van der Waals surface area contributed by atoms with Gasteiger partial charge in [0.2, 0.25) is 5.91 Å². The van der Waals surface area contributed by atoms with Crippen molar-refractivity contribution in [3.8, 4) is 0 Å². The quantitative estimate of drug-likeness (QED) is 0.805. The lowest BCUT2D eigenvalue weighted by Gasteiger charge is -2.40. The molecule has 4 heterocycles. The lowest BCUT2D eigenvalue weighted by molar-refractivity contribution is -0.188. The molecule has 25 heavy (non-hydrogen) atoms. The molecular formula is C18H24N2O4S. The van der Waals surface area contributed by atoms with Crippen LogP contribution in [0, 0.1) is 5.92 Å². The summed E-state index contributed by atoms with van der Waals surface area (Å²) in [6.45, 7) is 4.05. The molecule has 3 saturated heterocycles. The Morgan fingerprint density at radius 1 is 1.04 bits per heavy atom. The number of piperidine rings is 2. The second-order valence-electron chi connectivity index (χ2n) is 6.98. The van der Waals surface area contributed by atoms with E-state index in [1.165, 1.54) is 11.3 Å². The Hall–Kier alpha value is -1.44. The summed E-state index contributed by atoms with van der Waals surface area (Å²) in [6, 6.07) is 3.76. The average molecular weight is 364 g/mol. The molecule has 4 rings (SSSR count). The number of ether oxygens (including phenoxy) is 2. The van der Waals surface area contributed by atoms with Gasteiger partial charge in [0.05, 0.1) is 18.1 Å². The molecular weight excluding hydrogens is 340 g/mol. The van der Waals surface area contributed by atoms with E-state index in [9.17, 15) is 9.59 Å². The normalized spacial score (nSPS) is 24.0. The third-order valence-corrected chi connectivity index (χ3v) is 6.37. The molecule has 1 aromatic heterocycles. The van der Waals surface area contributed by atoms with E-state index in [0.29, 0.717) is 39.4 Å². The van der Waals surface area contributed by atoms with Crippen molar-refractivity contribution in [2.24, 2.45) is 5.92 Å². The molecule has 0 N–H and O–H groups in total. The Morgan fingerprint density at radius 3 is 2.32 bits per heavy atom. The fourth-order valence-corrected chi connectivity index (χ4v) is 4.69. The van der Waals surface area contributed by atoms with Gasteiger partial charge in [-0.25, -0.2) is 0 Å². The maximum absolute atomic E-state index is 12.8. The standard InChI is InChI=1S/C18H24N2O4S/c21-16(20-9-5-18(6-10-20)23-11-12-24-18)14-3-7-19(8-4-14)17(22)15-2-1-13-25-15/h1-2,13-14H,3-12H2. The van der Waals surface area contributed by atoms with Gasteiger partial charge in [0, 0.05) is 44.9 Å². The van der Waals surface area contributed by atoms with Gasteiger partial charge in [0.15, 0.2) is 5.79 Å². The van der Waals surface area contributed by atoms with Crippen LogP contribution in [0.15, 0.2) is 17.5 Å². The van der Waals surface area contributed by atoms with Gasteiger partial charge in [0.1, 0.15) is 0 Å². The summed E-state index contributed by atoms with van der Waals surface area (Å²) in [5.74, 6) is -0.0768. The second-order valence-corrected chi connectivity index (χ2v) is 7.92. The zero-order valence-electron chi connectivity index (χ0n) is 14.3. The first-order valence-corrected chi connectivity index (χ1v) is 9.94. The molecule has 1 spiro atoms. The van der Waals surface area contributed by atoms with Crippen molar-refractivity contribution in [1.82, 2.24) is 9.80 Å². The highest BCUT2D eigenvalue weighted by molar-refractivity contribution is 7.12. The molecule has 0 unspecified atom stereocenters. The molecule has 6 nitrogen and oxygen atoms in total. The predicted octanol–water partition coefficient (Wildman–Crippen LogP) is 1.97. The van der Waals surface area contributed by atoms with Crippen molar-refractivity contribution in [2.45, 2.75) is 31.5 Å². The van der Waals surface area contributed by atoms with E-state index in [1.807, 2.05) is 27.3 Å². The van der Waals surface area contributed by atoms with Crippen molar-refractivity contribution in [3.63, 3.8) is 0 Å². The summed E-state index contributed by atoms with van der Waals surface area (Å²) in [5, 5.41) is 1.92. The molecule has 0 radical (unpaired) electrons. The zero-order chi connectivity index (χ0) is 17.3. The van der Waals surface area contributed by atoms with Crippen LogP contribution in [-0.4, -0.2) is 66.8 Å². The van der Waals surface area contributed by atoms with Gasteiger partial charge < -0.3 is 19.3 Å². The van der Waals surface area contributed by atoms with Crippen LogP contribution in [0.25, 0.3) is 0 Å². The van der Waals surface area contributed by atoms with Gasteiger partial charge in [-0.3, -0.25) is 9.59 Å². The first-order valence-electron chi connectivity index (χ1n) is 9.06. The van der Waals surface area contributed by atoms with Crippen molar-refractivity contribution in [3.05, 3.63) is 22.4 Å². The number of likely N-dealkylation sites (tertiary alicyclic amines) is 2. The first kappa shape index (κ1) is 17.0. The second kappa shape index (κ2) is 7.05. The van der Waals surface area contributed by atoms with Crippen molar-refractivity contribution in [1.29, 1.82) is 0 Å². The first-order chi connectivity index (χ1) is 12.2. The molecule has 136 valence electrons. The van der Waals surface area contributed by atoms with E-state index in [0.717, 1.165) is 30.6 Å². The lowest BCUT2D eigenvalue weighted by Crippen LogP contribution is -2.50. The Morgan fingerprint density at radius 2 is 1.72 bits per heavy atom. The molecule has 0 aliphatic carbocycles. The largest absolute Gasteiger partial charge is 0.347 e. The molecule has 0 atom stereocenters. The molecule has 2 amide bonds. The Kier molecular flexibility index (Phi) is 4.80. The summed E-state index contributed by atoms with van der Waals surface area (Å²) in [5.41, 5.74) is 0. The van der Waals surface area contributed by atoms with Crippen LogP contribution in [0.3, 0.4) is 0 Å². The fourth-order valence-electron chi connectivity index (χ4n) is 4.00. The monoisotopic (exact) mass is 364 g/mol. The third kappa shape index (κ3) is 3.45. The summed E-state index contributed by atoms with van der Waals surface area (Å²) >= 11 is 1.47. The van der Waals surface area contributed by atoms with Gasteiger partial charge >= 0.3 is 0 Å². The predicted molar refractivity (Wildman–Crippen MR) is 93.4 cm³/mol. The van der Waals surface area contributed by atoms with Crippen LogP contribution in [-0.2, 0) is 14.3 Å². The number of carbonyl (C=O) groups is 2. The summed E-state index contributed by atoms with van der Waals surface area (Å²) in [7, 11) is 0. The minimum atomic E-state index is -0.437. The number of carbonyl (C=O) groups excluding carboxylic acids is 2. The number of hydrogen-bond donors (Lipinski definition) is 0. The molecule has 0 aromatic carbocycles. The van der Waals surface area contributed by atoms with Gasteiger partial charge in [-0.2, -0.15) is 0 Å². The highest BCUT2D eigenvalue weighted by Gasteiger charge is 2.42. The molecule has 3 aliphatic rings. The third-order valence-electron chi connectivity index (χ3n) is 5.51. The van der Waals surface area contributed by atoms with E-state index in [1.54, 1.807) is 0 Å². The van der Waals surface area contributed by atoms with E-state index in [2.05, 4.69) is 0 Å². The van der Waals surface area contributed by atoms with Crippen LogP contribution in [0.2, 0.25) is 0 Å². The number of hydrogen-bond acceptors (Lipinski definition) is 5. The lowest BCUT2D eigenvalue weighted by atomic mass is 9.93. The number of thiophene rings is 1. The smallest absolute Gasteiger partial charge is 0.263 e. The van der Waals surface area contributed by atoms with E-state index in [4.69, 9.17) is 9.47 Å². The van der Waals surface area contributed by atoms with Gasteiger partial charge in [-0.1, -0.05) is 6.07 Å². The van der Waals surface area contributed by atoms with E-state index < -0.39 is 5.79 Å². The van der Waals surface area contributed by atoms with Crippen molar-refractivity contribution < 1.29 is 19.1 Å². The van der Waals surface area contributed by atoms with Crippen molar-refractivity contribution >= 4 is 23.2 Å². The Labute approximate surface area is 151 Å². The van der Waals surface area contributed by atoms with Crippen LogP contribution in [0.4, 0.5) is 0 Å². The SMILES string of the molecule is O=C(c1cccs1)N1CCC(C(=O)N2CCC3(CC2)OCCO3)CC1. The maximum Gasteiger partial charge on any atom is 0.263 e. The van der Waals surface area contributed by atoms with Crippen molar-refractivity contribution in [2.75, 3.05) is 39.4 Å². The minimum Gasteiger partial charge on any atom is -0.347 e. The zero-order valence-corrected chi connectivity index (χ0v) is 15.1. The number of rotatable bonds is 2. The van der Waals surface area contributed by atoms with Crippen LogP contribution in [0.5, 0.6) is 0 Å².